The Kier molecular flexibility index (Phi) is 5.70. The Balaban J connectivity index is 2.99. The van der Waals surface area contributed by atoms with Gasteiger partial charge in [0.15, 0.2) is 11.5 Å². The van der Waals surface area contributed by atoms with Crippen molar-refractivity contribution in [3.8, 4) is 22.6 Å². The maximum Gasteiger partial charge on any atom is 0.410 e. The molecule has 0 radical (unpaired) electrons. The molecule has 1 amide bonds. The van der Waals surface area contributed by atoms with Crippen molar-refractivity contribution in [2.45, 2.75) is 26.2 Å². The van der Waals surface area contributed by atoms with Crippen molar-refractivity contribution in [1.29, 1.82) is 0 Å². The van der Waals surface area contributed by atoms with E-state index in [9.17, 15) is 13.2 Å². The van der Waals surface area contributed by atoms with Crippen molar-refractivity contribution in [2.24, 2.45) is 5.73 Å². The minimum Gasteiger partial charge on any atom is -0.491 e. The van der Waals surface area contributed by atoms with Crippen molar-refractivity contribution in [3.05, 3.63) is 42.0 Å². The first kappa shape index (κ1) is 20.6. The number of hydrogen-bond donors (Lipinski definition) is 2. The third-order valence-corrected chi connectivity index (χ3v) is 4.39. The monoisotopic (exact) mass is 392 g/mol. The number of carbonyl (C=O) groups is 1. The molecule has 0 unspecified atom stereocenters. The molecule has 8 heteroatoms. The summed E-state index contributed by atoms with van der Waals surface area (Å²) in [6.45, 7) is 5.92. The Morgan fingerprint density at radius 1 is 1.15 bits per heavy atom. The van der Waals surface area contributed by atoms with E-state index in [1.54, 1.807) is 6.07 Å². The SMILES string of the molecule is COc1c(OC(N)=O)cc(C(C)(C)C)c(-c2ccccc2)c1NS(C)(=O)=O. The summed E-state index contributed by atoms with van der Waals surface area (Å²) in [4.78, 5) is 11.4. The van der Waals surface area contributed by atoms with Gasteiger partial charge in [-0.05, 0) is 22.6 Å². The molecule has 0 heterocycles. The lowest BCUT2D eigenvalue weighted by Crippen LogP contribution is -2.21. The second-order valence-electron chi connectivity index (χ2n) is 7.12. The van der Waals surface area contributed by atoms with Gasteiger partial charge in [0, 0.05) is 5.56 Å². The summed E-state index contributed by atoms with van der Waals surface area (Å²) >= 11 is 0. The molecule has 0 saturated carbocycles. The molecule has 0 aliphatic rings. The van der Waals surface area contributed by atoms with Crippen molar-refractivity contribution in [2.75, 3.05) is 18.1 Å². The number of nitrogens with two attached hydrogens (primary N) is 1. The second kappa shape index (κ2) is 7.48. The molecule has 0 aliphatic carbocycles. The highest BCUT2D eigenvalue weighted by atomic mass is 32.2. The quantitative estimate of drug-likeness (QED) is 0.810. The number of ether oxygens (including phenoxy) is 2. The summed E-state index contributed by atoms with van der Waals surface area (Å²) in [7, 11) is -2.29. The molecule has 7 nitrogen and oxygen atoms in total. The number of benzene rings is 2. The summed E-state index contributed by atoms with van der Waals surface area (Å²) in [5, 5.41) is 0. The van der Waals surface area contributed by atoms with E-state index in [4.69, 9.17) is 15.2 Å². The molecule has 0 fully saturated rings. The number of primary amides is 1. The van der Waals surface area contributed by atoms with Gasteiger partial charge in [-0.2, -0.15) is 0 Å². The van der Waals surface area contributed by atoms with E-state index in [0.29, 0.717) is 5.56 Å². The van der Waals surface area contributed by atoms with Crippen LogP contribution in [-0.4, -0.2) is 27.9 Å². The maximum absolute atomic E-state index is 12.0. The molecule has 146 valence electrons. The maximum atomic E-state index is 12.0. The van der Waals surface area contributed by atoms with Crippen molar-refractivity contribution >= 4 is 21.8 Å². The predicted molar refractivity (Wildman–Crippen MR) is 106 cm³/mol. The molecule has 0 spiro atoms. The minimum absolute atomic E-state index is 0.0424. The van der Waals surface area contributed by atoms with Crippen LogP contribution in [-0.2, 0) is 15.4 Å². The number of amides is 1. The fraction of sp³-hybridized carbons (Fsp3) is 0.316. The normalized spacial score (nSPS) is 11.7. The van der Waals surface area contributed by atoms with Crippen LogP contribution in [0, 0.1) is 0 Å². The van der Waals surface area contributed by atoms with Gasteiger partial charge in [-0.1, -0.05) is 51.1 Å². The molecule has 2 aromatic rings. The number of methoxy groups -OCH3 is 1. The summed E-state index contributed by atoms with van der Waals surface area (Å²) in [6.07, 6.45) is 0.0190. The molecule has 0 saturated heterocycles. The van der Waals surface area contributed by atoms with E-state index in [0.717, 1.165) is 17.4 Å². The topological polar surface area (TPSA) is 108 Å². The van der Waals surface area contributed by atoms with Crippen LogP contribution in [0.25, 0.3) is 11.1 Å². The molecule has 0 aliphatic heterocycles. The Morgan fingerprint density at radius 2 is 1.74 bits per heavy atom. The number of anilines is 1. The standard InChI is InChI=1S/C19H24N2O5S/c1-19(2,3)13-11-14(26-18(20)22)17(25-4)16(21-27(5,23)24)15(13)12-9-7-6-8-10-12/h6-11,21H,1-5H3,(H2,20,22). The van der Waals surface area contributed by atoms with E-state index in [-0.39, 0.29) is 17.2 Å². The van der Waals surface area contributed by atoms with Crippen LogP contribution in [0.5, 0.6) is 11.5 Å². The highest BCUT2D eigenvalue weighted by Gasteiger charge is 2.29. The van der Waals surface area contributed by atoms with E-state index in [1.165, 1.54) is 7.11 Å². The molecular formula is C19H24N2O5S. The largest absolute Gasteiger partial charge is 0.491 e. The Hall–Kier alpha value is -2.74. The molecular weight excluding hydrogens is 368 g/mol. The number of sulfonamides is 1. The first-order valence-electron chi connectivity index (χ1n) is 8.20. The third kappa shape index (κ3) is 4.91. The molecule has 2 rings (SSSR count). The zero-order valence-electron chi connectivity index (χ0n) is 16.0. The smallest absolute Gasteiger partial charge is 0.410 e. The summed E-state index contributed by atoms with van der Waals surface area (Å²) in [6, 6.07) is 11.0. The Bertz CT molecular complexity index is 948. The lowest BCUT2D eigenvalue weighted by Gasteiger charge is -2.28. The van der Waals surface area contributed by atoms with Crippen molar-refractivity contribution in [3.63, 3.8) is 0 Å². The van der Waals surface area contributed by atoms with E-state index >= 15 is 0 Å². The van der Waals surface area contributed by atoms with Crippen LogP contribution in [0.2, 0.25) is 0 Å². The molecule has 0 aromatic heterocycles. The van der Waals surface area contributed by atoms with Crippen molar-refractivity contribution < 1.29 is 22.7 Å². The first-order valence-corrected chi connectivity index (χ1v) is 10.1. The van der Waals surface area contributed by atoms with Gasteiger partial charge in [-0.15, -0.1) is 0 Å². The van der Waals surface area contributed by atoms with Crippen LogP contribution in [0.15, 0.2) is 36.4 Å². The summed E-state index contributed by atoms with van der Waals surface area (Å²) in [5.74, 6) is 0.117. The second-order valence-corrected chi connectivity index (χ2v) is 8.87. The number of rotatable bonds is 5. The lowest BCUT2D eigenvalue weighted by molar-refractivity contribution is 0.208. The van der Waals surface area contributed by atoms with Gasteiger partial charge in [-0.25, -0.2) is 13.2 Å². The Labute approximate surface area is 159 Å². The predicted octanol–water partition coefficient (Wildman–Crippen LogP) is 3.49. The molecule has 0 atom stereocenters. The molecule has 3 N–H and O–H groups in total. The van der Waals surface area contributed by atoms with Gasteiger partial charge in [0.1, 0.15) is 5.69 Å². The zero-order valence-corrected chi connectivity index (χ0v) is 16.8. The molecule has 27 heavy (non-hydrogen) atoms. The Morgan fingerprint density at radius 3 is 2.19 bits per heavy atom. The van der Waals surface area contributed by atoms with Gasteiger partial charge < -0.3 is 15.2 Å². The third-order valence-electron chi connectivity index (χ3n) is 3.82. The highest BCUT2D eigenvalue weighted by molar-refractivity contribution is 7.92. The van der Waals surface area contributed by atoms with Gasteiger partial charge in [-0.3, -0.25) is 4.72 Å². The number of hydrogen-bond acceptors (Lipinski definition) is 5. The van der Waals surface area contributed by atoms with Gasteiger partial charge >= 0.3 is 6.09 Å². The fourth-order valence-corrected chi connectivity index (χ4v) is 3.37. The van der Waals surface area contributed by atoms with Crippen LogP contribution >= 0.6 is 0 Å². The summed E-state index contributed by atoms with van der Waals surface area (Å²) in [5.41, 5.74) is 7.16. The number of carbonyl (C=O) groups excluding carboxylic acids is 1. The summed E-state index contributed by atoms with van der Waals surface area (Å²) < 4.78 is 37.1. The van der Waals surface area contributed by atoms with E-state index < -0.39 is 21.5 Å². The average Bonchev–Trinajstić information content (AvgIpc) is 2.52. The van der Waals surface area contributed by atoms with E-state index in [2.05, 4.69) is 4.72 Å². The van der Waals surface area contributed by atoms with Crippen LogP contribution in [0.1, 0.15) is 26.3 Å². The first-order chi connectivity index (χ1) is 12.4. The molecule has 2 aromatic carbocycles. The van der Waals surface area contributed by atoms with Gasteiger partial charge in [0.05, 0.1) is 13.4 Å². The van der Waals surface area contributed by atoms with Crippen LogP contribution in [0.4, 0.5) is 10.5 Å². The highest BCUT2D eigenvalue weighted by Crippen LogP contribution is 2.48. The van der Waals surface area contributed by atoms with Crippen molar-refractivity contribution in [1.82, 2.24) is 0 Å². The number of nitrogens with one attached hydrogen (secondary N) is 1. The minimum atomic E-state index is -3.65. The van der Waals surface area contributed by atoms with Gasteiger partial charge in [0.2, 0.25) is 10.0 Å². The van der Waals surface area contributed by atoms with Gasteiger partial charge in [0.25, 0.3) is 0 Å². The lowest BCUT2D eigenvalue weighted by atomic mass is 9.80. The molecule has 0 bridgehead atoms. The average molecular weight is 392 g/mol. The zero-order chi connectivity index (χ0) is 20.4. The van der Waals surface area contributed by atoms with E-state index in [1.807, 2.05) is 51.1 Å². The van der Waals surface area contributed by atoms with Crippen LogP contribution in [0.3, 0.4) is 0 Å². The van der Waals surface area contributed by atoms with Crippen LogP contribution < -0.4 is 19.9 Å². The fourth-order valence-electron chi connectivity index (χ4n) is 2.81.